The lowest BCUT2D eigenvalue weighted by molar-refractivity contribution is -0.384. The van der Waals surface area contributed by atoms with Crippen LogP contribution in [0.5, 0.6) is 0 Å². The summed E-state index contributed by atoms with van der Waals surface area (Å²) in [4.78, 5) is 33.8. The molecule has 1 saturated carbocycles. The molecule has 0 saturated heterocycles. The van der Waals surface area contributed by atoms with E-state index in [1.54, 1.807) is 6.07 Å². The zero-order chi connectivity index (χ0) is 19.0. The van der Waals surface area contributed by atoms with E-state index < -0.39 is 28.9 Å². The van der Waals surface area contributed by atoms with Gasteiger partial charge in [0.25, 0.3) is 11.6 Å². The van der Waals surface area contributed by atoms with E-state index in [-0.39, 0.29) is 5.69 Å². The van der Waals surface area contributed by atoms with E-state index in [0.29, 0.717) is 18.4 Å². The van der Waals surface area contributed by atoms with Gasteiger partial charge in [-0.25, -0.2) is 4.79 Å². The Hall–Kier alpha value is -3.21. The highest BCUT2D eigenvalue weighted by Gasteiger charge is 2.33. The molecule has 0 spiro atoms. The number of nitrogens with zero attached hydrogens (tertiary/aromatic N) is 2. The van der Waals surface area contributed by atoms with Crippen molar-refractivity contribution in [2.45, 2.75) is 37.6 Å². The van der Waals surface area contributed by atoms with Crippen molar-refractivity contribution in [3.05, 3.63) is 46.0 Å². The number of benzene rings is 1. The number of esters is 1. The summed E-state index contributed by atoms with van der Waals surface area (Å²) >= 11 is 0. The molecule has 0 aromatic heterocycles. The second kappa shape index (κ2) is 8.76. The van der Waals surface area contributed by atoms with E-state index in [1.165, 1.54) is 24.3 Å². The molecule has 1 aromatic rings. The Morgan fingerprint density at radius 1 is 1.35 bits per heavy atom. The molecule has 1 aromatic carbocycles. The number of ether oxygens (including phenoxy) is 1. The van der Waals surface area contributed by atoms with Gasteiger partial charge >= 0.3 is 5.97 Å². The maximum Gasteiger partial charge on any atom is 0.331 e. The van der Waals surface area contributed by atoms with Gasteiger partial charge in [-0.2, -0.15) is 5.26 Å². The summed E-state index contributed by atoms with van der Waals surface area (Å²) in [5.41, 5.74) is -0.499. The highest BCUT2D eigenvalue weighted by atomic mass is 16.6. The zero-order valence-electron chi connectivity index (χ0n) is 14.1. The van der Waals surface area contributed by atoms with Gasteiger partial charge in [-0.1, -0.05) is 31.4 Å². The first kappa shape index (κ1) is 19.1. The van der Waals surface area contributed by atoms with Crippen LogP contribution in [0, 0.1) is 21.4 Å². The molecule has 1 amide bonds. The van der Waals surface area contributed by atoms with E-state index in [1.807, 2.05) is 0 Å². The van der Waals surface area contributed by atoms with Crippen LogP contribution in [0.15, 0.2) is 30.3 Å². The highest BCUT2D eigenvalue weighted by molar-refractivity contribution is 5.89. The topological polar surface area (TPSA) is 122 Å². The molecule has 0 aliphatic heterocycles. The molecular formula is C18H19N3O5. The molecule has 136 valence electrons. The Labute approximate surface area is 150 Å². The molecule has 2 rings (SSSR count). The van der Waals surface area contributed by atoms with Crippen LogP contribution in [0.3, 0.4) is 0 Å². The number of carbonyl (C=O) groups excluding carboxylic acids is 2. The number of amides is 1. The minimum atomic E-state index is -0.874. The average molecular weight is 357 g/mol. The summed E-state index contributed by atoms with van der Waals surface area (Å²) in [7, 11) is 0. The molecule has 0 bridgehead atoms. The van der Waals surface area contributed by atoms with Crippen LogP contribution in [0.25, 0.3) is 6.08 Å². The highest BCUT2D eigenvalue weighted by Crippen LogP contribution is 2.27. The van der Waals surface area contributed by atoms with Crippen LogP contribution in [-0.2, 0) is 14.3 Å². The van der Waals surface area contributed by atoms with E-state index in [4.69, 9.17) is 4.74 Å². The number of carbonyl (C=O) groups is 2. The number of rotatable bonds is 6. The summed E-state index contributed by atoms with van der Waals surface area (Å²) in [5.74, 6) is -1.27. The number of hydrogen-bond acceptors (Lipinski definition) is 6. The van der Waals surface area contributed by atoms with Crippen molar-refractivity contribution in [1.29, 1.82) is 5.26 Å². The van der Waals surface area contributed by atoms with E-state index >= 15 is 0 Å². The predicted octanol–water partition coefficient (Wildman–Crippen LogP) is 2.49. The fourth-order valence-corrected chi connectivity index (χ4v) is 2.81. The first-order chi connectivity index (χ1) is 12.4. The van der Waals surface area contributed by atoms with Crippen LogP contribution in [0.2, 0.25) is 0 Å². The first-order valence-corrected chi connectivity index (χ1v) is 8.26. The van der Waals surface area contributed by atoms with Crippen LogP contribution < -0.4 is 5.32 Å². The van der Waals surface area contributed by atoms with Gasteiger partial charge in [0.05, 0.1) is 11.0 Å². The van der Waals surface area contributed by atoms with Crippen molar-refractivity contribution in [3.8, 4) is 6.07 Å². The minimum Gasteiger partial charge on any atom is -0.452 e. The molecular weight excluding hydrogens is 338 g/mol. The van der Waals surface area contributed by atoms with Crippen LogP contribution in [0.4, 0.5) is 5.69 Å². The van der Waals surface area contributed by atoms with Crippen molar-refractivity contribution < 1.29 is 19.2 Å². The van der Waals surface area contributed by atoms with Gasteiger partial charge in [0.1, 0.15) is 5.54 Å². The van der Waals surface area contributed by atoms with Crippen LogP contribution in [0.1, 0.15) is 37.7 Å². The second-order valence-electron chi connectivity index (χ2n) is 6.10. The second-order valence-corrected chi connectivity index (χ2v) is 6.10. The molecule has 8 nitrogen and oxygen atoms in total. The Kier molecular flexibility index (Phi) is 6.44. The Morgan fingerprint density at radius 3 is 2.73 bits per heavy atom. The fraction of sp³-hybridized carbons (Fsp3) is 0.389. The molecule has 0 radical (unpaired) electrons. The van der Waals surface area contributed by atoms with Crippen molar-refractivity contribution in [2.75, 3.05) is 6.61 Å². The largest absolute Gasteiger partial charge is 0.452 e. The van der Waals surface area contributed by atoms with Gasteiger partial charge in [-0.3, -0.25) is 14.9 Å². The Balaban J connectivity index is 1.84. The zero-order valence-corrected chi connectivity index (χ0v) is 14.1. The monoisotopic (exact) mass is 357 g/mol. The van der Waals surface area contributed by atoms with Gasteiger partial charge in [-0.15, -0.1) is 0 Å². The maximum absolute atomic E-state index is 11.9. The number of hydrogen-bond donors (Lipinski definition) is 1. The molecule has 8 heteroatoms. The molecule has 1 aliphatic rings. The first-order valence-electron chi connectivity index (χ1n) is 8.26. The number of nitro groups is 1. The molecule has 0 unspecified atom stereocenters. The van der Waals surface area contributed by atoms with Gasteiger partial charge in [0.2, 0.25) is 0 Å². The van der Waals surface area contributed by atoms with Crippen LogP contribution in [-0.4, -0.2) is 28.9 Å². The van der Waals surface area contributed by atoms with E-state index in [9.17, 15) is 25.0 Å². The van der Waals surface area contributed by atoms with Crippen molar-refractivity contribution >= 4 is 23.6 Å². The minimum absolute atomic E-state index is 0.0887. The standard InChI is InChI=1S/C18H19N3O5/c19-13-18(9-2-1-3-10-18)20-16(22)12-26-17(23)8-7-14-5-4-6-15(11-14)21(24)25/h4-8,11H,1-3,9-10,12H2,(H,20,22)/b8-7+. The smallest absolute Gasteiger partial charge is 0.331 e. The summed E-state index contributed by atoms with van der Waals surface area (Å²) in [6.07, 6.45) is 6.43. The van der Waals surface area contributed by atoms with Crippen molar-refractivity contribution in [2.24, 2.45) is 0 Å². The molecule has 26 heavy (non-hydrogen) atoms. The molecule has 0 atom stereocenters. The van der Waals surface area contributed by atoms with Gasteiger partial charge in [-0.05, 0) is 24.5 Å². The Morgan fingerprint density at radius 2 is 2.08 bits per heavy atom. The third-order valence-corrected chi connectivity index (χ3v) is 4.14. The van der Waals surface area contributed by atoms with E-state index in [0.717, 1.165) is 25.3 Å². The molecule has 1 fully saturated rings. The predicted molar refractivity (Wildman–Crippen MR) is 92.7 cm³/mol. The average Bonchev–Trinajstić information content (AvgIpc) is 2.65. The van der Waals surface area contributed by atoms with Gasteiger partial charge in [0, 0.05) is 18.2 Å². The summed E-state index contributed by atoms with van der Waals surface area (Å²) < 4.78 is 4.85. The number of nitriles is 1. The quantitative estimate of drug-likeness (QED) is 0.361. The fourth-order valence-electron chi connectivity index (χ4n) is 2.81. The number of nitro benzene ring substituents is 1. The molecule has 1 N–H and O–H groups in total. The van der Waals surface area contributed by atoms with E-state index in [2.05, 4.69) is 11.4 Å². The summed E-state index contributed by atoms with van der Waals surface area (Å²) in [5, 5.41) is 22.7. The lowest BCUT2D eigenvalue weighted by Crippen LogP contribution is -2.49. The van der Waals surface area contributed by atoms with Crippen molar-refractivity contribution in [1.82, 2.24) is 5.32 Å². The SMILES string of the molecule is N#CC1(NC(=O)COC(=O)/C=C/c2cccc([N+](=O)[O-])c2)CCCCC1. The summed E-state index contributed by atoms with van der Waals surface area (Å²) in [6.45, 7) is -0.485. The van der Waals surface area contributed by atoms with Gasteiger partial charge in [0.15, 0.2) is 6.61 Å². The molecule has 0 heterocycles. The maximum atomic E-state index is 11.9. The Bertz CT molecular complexity index is 760. The normalized spacial score (nSPS) is 15.8. The lowest BCUT2D eigenvalue weighted by Gasteiger charge is -2.31. The number of nitrogens with one attached hydrogen (secondary N) is 1. The summed E-state index contributed by atoms with van der Waals surface area (Å²) in [6, 6.07) is 7.92. The molecule has 1 aliphatic carbocycles. The third kappa shape index (κ3) is 5.41. The van der Waals surface area contributed by atoms with Gasteiger partial charge < -0.3 is 10.1 Å². The third-order valence-electron chi connectivity index (χ3n) is 4.14. The van der Waals surface area contributed by atoms with Crippen LogP contribution >= 0.6 is 0 Å². The lowest BCUT2D eigenvalue weighted by atomic mass is 9.83. The number of non-ortho nitro benzene ring substituents is 1. The van der Waals surface area contributed by atoms with Crippen molar-refractivity contribution in [3.63, 3.8) is 0 Å².